The van der Waals surface area contributed by atoms with Crippen LogP contribution in [0.25, 0.3) is 5.70 Å². The molecule has 0 aliphatic rings. The van der Waals surface area contributed by atoms with Crippen LogP contribution in [0.4, 0.5) is 5.69 Å². The molecule has 0 aromatic heterocycles. The van der Waals surface area contributed by atoms with E-state index in [0.717, 1.165) is 11.3 Å². The van der Waals surface area contributed by atoms with Gasteiger partial charge in [-0.25, -0.2) is 0 Å². The number of hydrogen-bond donors (Lipinski definition) is 2. The summed E-state index contributed by atoms with van der Waals surface area (Å²) in [6, 6.07) is 7.81. The lowest BCUT2D eigenvalue weighted by atomic mass is 10.2. The van der Waals surface area contributed by atoms with Crippen molar-refractivity contribution in [3.8, 4) is 0 Å². The molecule has 0 spiro atoms. The molecule has 0 saturated carbocycles. The molecule has 0 aliphatic carbocycles. The van der Waals surface area contributed by atoms with Crippen molar-refractivity contribution >= 4 is 11.4 Å². The standard InChI is InChI=1S/C9H12N2/c1-7(10)8-3-5-9(11-2)6-4-8/h3-6,11H,1,10H2,2H3. The summed E-state index contributed by atoms with van der Waals surface area (Å²) >= 11 is 0. The molecule has 2 heteroatoms. The normalized spacial score (nSPS) is 9.18. The fourth-order valence-electron chi connectivity index (χ4n) is 0.851. The van der Waals surface area contributed by atoms with Crippen LogP contribution in [0.5, 0.6) is 0 Å². The summed E-state index contributed by atoms with van der Waals surface area (Å²) in [6.45, 7) is 3.64. The third-order valence-corrected chi connectivity index (χ3v) is 1.54. The number of rotatable bonds is 2. The number of anilines is 1. The van der Waals surface area contributed by atoms with Crippen molar-refractivity contribution in [2.24, 2.45) is 5.73 Å². The van der Waals surface area contributed by atoms with Gasteiger partial charge < -0.3 is 11.1 Å². The Hall–Kier alpha value is -1.44. The average Bonchev–Trinajstić information content (AvgIpc) is 2.05. The van der Waals surface area contributed by atoms with Crippen molar-refractivity contribution in [1.82, 2.24) is 0 Å². The van der Waals surface area contributed by atoms with Crippen molar-refractivity contribution in [2.45, 2.75) is 0 Å². The second kappa shape index (κ2) is 3.10. The summed E-state index contributed by atoms with van der Waals surface area (Å²) in [5.41, 5.74) is 8.15. The fourth-order valence-corrected chi connectivity index (χ4v) is 0.851. The first kappa shape index (κ1) is 7.66. The number of nitrogens with two attached hydrogens (primary N) is 1. The molecule has 1 aromatic rings. The van der Waals surface area contributed by atoms with E-state index in [9.17, 15) is 0 Å². The van der Waals surface area contributed by atoms with E-state index in [0.29, 0.717) is 5.70 Å². The van der Waals surface area contributed by atoms with Crippen LogP contribution >= 0.6 is 0 Å². The van der Waals surface area contributed by atoms with E-state index in [1.165, 1.54) is 0 Å². The average molecular weight is 148 g/mol. The van der Waals surface area contributed by atoms with Crippen molar-refractivity contribution in [3.63, 3.8) is 0 Å². The van der Waals surface area contributed by atoms with Gasteiger partial charge in [0.05, 0.1) is 0 Å². The molecular weight excluding hydrogens is 136 g/mol. The van der Waals surface area contributed by atoms with Crippen LogP contribution in [0.3, 0.4) is 0 Å². The minimum atomic E-state index is 0.604. The van der Waals surface area contributed by atoms with E-state index < -0.39 is 0 Å². The maximum Gasteiger partial charge on any atom is 0.0337 e. The molecule has 0 bridgehead atoms. The van der Waals surface area contributed by atoms with E-state index in [4.69, 9.17) is 5.73 Å². The predicted octanol–water partition coefficient (Wildman–Crippen LogP) is 1.66. The lowest BCUT2D eigenvalue weighted by molar-refractivity contribution is 1.48. The second-order valence-electron chi connectivity index (χ2n) is 2.35. The molecule has 0 fully saturated rings. The summed E-state index contributed by atoms with van der Waals surface area (Å²) in [4.78, 5) is 0. The van der Waals surface area contributed by atoms with Crippen molar-refractivity contribution in [3.05, 3.63) is 36.4 Å². The zero-order valence-electron chi connectivity index (χ0n) is 6.59. The van der Waals surface area contributed by atoms with Crippen LogP contribution in [0.1, 0.15) is 5.56 Å². The molecule has 0 aliphatic heterocycles. The second-order valence-corrected chi connectivity index (χ2v) is 2.35. The molecule has 11 heavy (non-hydrogen) atoms. The fraction of sp³-hybridized carbons (Fsp3) is 0.111. The highest BCUT2D eigenvalue weighted by molar-refractivity contribution is 5.62. The van der Waals surface area contributed by atoms with E-state index in [1.807, 2.05) is 31.3 Å². The van der Waals surface area contributed by atoms with Gasteiger partial charge in [0.25, 0.3) is 0 Å². The molecule has 3 N–H and O–H groups in total. The van der Waals surface area contributed by atoms with Gasteiger partial charge in [-0.3, -0.25) is 0 Å². The topological polar surface area (TPSA) is 38.0 Å². The maximum atomic E-state index is 5.49. The minimum absolute atomic E-state index is 0.604. The molecule has 0 radical (unpaired) electrons. The van der Waals surface area contributed by atoms with Gasteiger partial charge in [0.2, 0.25) is 0 Å². The first-order valence-corrected chi connectivity index (χ1v) is 3.46. The maximum absolute atomic E-state index is 5.49. The number of benzene rings is 1. The van der Waals surface area contributed by atoms with Crippen LogP contribution in [0.2, 0.25) is 0 Å². The Labute approximate surface area is 66.7 Å². The summed E-state index contributed by atoms with van der Waals surface area (Å²) in [5, 5.41) is 3.02. The first-order chi connectivity index (χ1) is 5.24. The van der Waals surface area contributed by atoms with Gasteiger partial charge in [-0.2, -0.15) is 0 Å². The molecule has 2 nitrogen and oxygen atoms in total. The van der Waals surface area contributed by atoms with E-state index in [2.05, 4.69) is 11.9 Å². The Balaban J connectivity index is 2.91. The van der Waals surface area contributed by atoms with Crippen LogP contribution in [-0.4, -0.2) is 7.05 Å². The summed E-state index contributed by atoms with van der Waals surface area (Å²) in [6.07, 6.45) is 0. The molecule has 1 rings (SSSR count). The molecule has 0 unspecified atom stereocenters. The highest BCUT2D eigenvalue weighted by Gasteiger charge is 1.92. The lowest BCUT2D eigenvalue weighted by Crippen LogP contribution is -1.94. The zero-order valence-corrected chi connectivity index (χ0v) is 6.59. The van der Waals surface area contributed by atoms with Crippen LogP contribution in [0.15, 0.2) is 30.8 Å². The van der Waals surface area contributed by atoms with E-state index in [-0.39, 0.29) is 0 Å². The highest BCUT2D eigenvalue weighted by Crippen LogP contribution is 2.11. The zero-order chi connectivity index (χ0) is 8.27. The van der Waals surface area contributed by atoms with Crippen LogP contribution < -0.4 is 11.1 Å². The summed E-state index contributed by atoms with van der Waals surface area (Å²) < 4.78 is 0. The molecule has 0 amide bonds. The Bertz CT molecular complexity index is 249. The molecule has 58 valence electrons. The van der Waals surface area contributed by atoms with Gasteiger partial charge in [-0.05, 0) is 17.7 Å². The van der Waals surface area contributed by atoms with Crippen molar-refractivity contribution in [1.29, 1.82) is 0 Å². The van der Waals surface area contributed by atoms with Crippen molar-refractivity contribution < 1.29 is 0 Å². The minimum Gasteiger partial charge on any atom is -0.399 e. The van der Waals surface area contributed by atoms with Crippen molar-refractivity contribution in [2.75, 3.05) is 12.4 Å². The van der Waals surface area contributed by atoms with Gasteiger partial charge in [0, 0.05) is 18.4 Å². The SMILES string of the molecule is C=C(N)c1ccc(NC)cc1. The third-order valence-electron chi connectivity index (χ3n) is 1.54. The Morgan fingerprint density at radius 3 is 2.27 bits per heavy atom. The van der Waals surface area contributed by atoms with Gasteiger partial charge in [0.15, 0.2) is 0 Å². The molecule has 0 saturated heterocycles. The molecular formula is C9H12N2. The lowest BCUT2D eigenvalue weighted by Gasteiger charge is -2.01. The Kier molecular flexibility index (Phi) is 2.16. The third kappa shape index (κ3) is 1.74. The largest absolute Gasteiger partial charge is 0.399 e. The van der Waals surface area contributed by atoms with Gasteiger partial charge in [-0.1, -0.05) is 18.7 Å². The Morgan fingerprint density at radius 1 is 1.36 bits per heavy atom. The molecule has 0 atom stereocenters. The quantitative estimate of drug-likeness (QED) is 0.669. The van der Waals surface area contributed by atoms with E-state index >= 15 is 0 Å². The van der Waals surface area contributed by atoms with E-state index in [1.54, 1.807) is 0 Å². The predicted molar refractivity (Wildman–Crippen MR) is 49.2 cm³/mol. The van der Waals surface area contributed by atoms with Gasteiger partial charge in [-0.15, -0.1) is 0 Å². The van der Waals surface area contributed by atoms with Gasteiger partial charge >= 0.3 is 0 Å². The van der Waals surface area contributed by atoms with Crippen LogP contribution in [-0.2, 0) is 0 Å². The number of hydrogen-bond acceptors (Lipinski definition) is 2. The molecule has 1 aromatic carbocycles. The summed E-state index contributed by atoms with van der Waals surface area (Å²) in [5.74, 6) is 0. The first-order valence-electron chi connectivity index (χ1n) is 3.46. The highest BCUT2D eigenvalue weighted by atomic mass is 14.8. The molecule has 0 heterocycles. The van der Waals surface area contributed by atoms with Crippen LogP contribution in [0, 0.1) is 0 Å². The number of nitrogens with one attached hydrogen (secondary N) is 1. The smallest absolute Gasteiger partial charge is 0.0337 e. The Morgan fingerprint density at radius 2 is 1.91 bits per heavy atom. The monoisotopic (exact) mass is 148 g/mol. The summed E-state index contributed by atoms with van der Waals surface area (Å²) in [7, 11) is 1.88. The van der Waals surface area contributed by atoms with Gasteiger partial charge in [0.1, 0.15) is 0 Å².